The number of methoxy groups -OCH3 is 1. The van der Waals surface area contributed by atoms with Gasteiger partial charge in [-0.05, 0) is 15.4 Å². The van der Waals surface area contributed by atoms with Gasteiger partial charge in [-0.3, -0.25) is 9.59 Å². The van der Waals surface area contributed by atoms with Crippen LogP contribution in [0.2, 0.25) is 5.04 Å². The zero-order valence-corrected chi connectivity index (χ0v) is 19.1. The first kappa shape index (κ1) is 22.2. The summed E-state index contributed by atoms with van der Waals surface area (Å²) in [6.45, 7) is 6.85. The number of hydrogen-bond donors (Lipinski definition) is 0. The monoisotopic (exact) mass is 426 g/mol. The van der Waals surface area contributed by atoms with E-state index in [2.05, 4.69) is 45.0 Å². The van der Waals surface area contributed by atoms with E-state index >= 15 is 0 Å². The van der Waals surface area contributed by atoms with Gasteiger partial charge in [-0.25, -0.2) is 0 Å². The van der Waals surface area contributed by atoms with Gasteiger partial charge >= 0.3 is 11.9 Å². The molecule has 30 heavy (non-hydrogen) atoms. The van der Waals surface area contributed by atoms with Crippen molar-refractivity contribution in [2.75, 3.05) is 13.7 Å². The Morgan fingerprint density at radius 3 is 2.03 bits per heavy atom. The average molecular weight is 427 g/mol. The fourth-order valence-electron chi connectivity index (χ4n) is 4.30. The molecule has 1 aliphatic heterocycles. The van der Waals surface area contributed by atoms with Gasteiger partial charge in [0.15, 0.2) is 0 Å². The Labute approximate surface area is 179 Å². The van der Waals surface area contributed by atoms with Crippen LogP contribution in [-0.4, -0.2) is 40.1 Å². The van der Waals surface area contributed by atoms with Crippen LogP contribution >= 0.6 is 0 Å². The van der Waals surface area contributed by atoms with Crippen LogP contribution < -0.4 is 10.4 Å². The van der Waals surface area contributed by atoms with Gasteiger partial charge in [0.1, 0.15) is 6.10 Å². The van der Waals surface area contributed by atoms with Crippen LogP contribution in [0.25, 0.3) is 0 Å². The van der Waals surface area contributed by atoms with E-state index in [1.54, 1.807) is 0 Å². The average Bonchev–Trinajstić information content (AvgIpc) is 3.08. The molecule has 0 N–H and O–H groups in total. The Bertz CT molecular complexity index is 821. The Kier molecular flexibility index (Phi) is 6.78. The van der Waals surface area contributed by atoms with E-state index in [9.17, 15) is 9.59 Å². The van der Waals surface area contributed by atoms with Crippen LogP contribution in [0, 0.1) is 5.92 Å². The number of benzene rings is 2. The highest BCUT2D eigenvalue weighted by molar-refractivity contribution is 6.99. The molecule has 160 valence electrons. The molecule has 0 aliphatic carbocycles. The van der Waals surface area contributed by atoms with Gasteiger partial charge in [0.25, 0.3) is 8.32 Å². The summed E-state index contributed by atoms with van der Waals surface area (Å²) in [5.74, 6) is -0.864. The normalized spacial score (nSPS) is 19.4. The van der Waals surface area contributed by atoms with Gasteiger partial charge < -0.3 is 13.9 Å². The second kappa shape index (κ2) is 9.14. The highest BCUT2D eigenvalue weighted by atomic mass is 28.4. The summed E-state index contributed by atoms with van der Waals surface area (Å²) in [7, 11) is -1.37. The molecule has 3 rings (SSSR count). The first-order chi connectivity index (χ1) is 14.3. The van der Waals surface area contributed by atoms with E-state index in [1.807, 2.05) is 36.4 Å². The maximum atomic E-state index is 12.0. The van der Waals surface area contributed by atoms with Gasteiger partial charge in [0.2, 0.25) is 0 Å². The van der Waals surface area contributed by atoms with Gasteiger partial charge in [-0.2, -0.15) is 0 Å². The first-order valence-electron chi connectivity index (χ1n) is 10.3. The molecule has 0 spiro atoms. The largest absolute Gasteiger partial charge is 0.469 e. The Morgan fingerprint density at radius 1 is 1.03 bits per heavy atom. The van der Waals surface area contributed by atoms with Gasteiger partial charge in [0.05, 0.1) is 26.6 Å². The minimum atomic E-state index is -2.72. The molecule has 1 saturated heterocycles. The van der Waals surface area contributed by atoms with E-state index in [-0.39, 0.29) is 42.3 Å². The lowest BCUT2D eigenvalue weighted by atomic mass is 9.98. The number of hydrogen-bond acceptors (Lipinski definition) is 5. The SMILES string of the molecule is COC(=O)C[C@@H]1CC(=O)O[C@H]1CO[Si](c1ccccc1)(c1ccccc1)C(C)(C)C. The molecule has 0 aromatic heterocycles. The fraction of sp³-hybridized carbons (Fsp3) is 0.417. The lowest BCUT2D eigenvalue weighted by Gasteiger charge is -2.43. The van der Waals surface area contributed by atoms with Gasteiger partial charge in [-0.1, -0.05) is 81.4 Å². The van der Waals surface area contributed by atoms with Crippen LogP contribution in [0.4, 0.5) is 0 Å². The molecule has 0 amide bonds. The fourth-order valence-corrected chi connectivity index (χ4v) is 8.87. The molecule has 0 saturated carbocycles. The van der Waals surface area contributed by atoms with Gasteiger partial charge in [0, 0.05) is 5.92 Å². The zero-order chi connectivity index (χ0) is 21.8. The van der Waals surface area contributed by atoms with E-state index in [1.165, 1.54) is 7.11 Å². The van der Waals surface area contributed by atoms with Crippen molar-refractivity contribution in [1.29, 1.82) is 0 Å². The van der Waals surface area contributed by atoms with Crippen molar-refractivity contribution >= 4 is 30.6 Å². The molecule has 6 heteroatoms. The predicted molar refractivity (Wildman–Crippen MR) is 118 cm³/mol. The van der Waals surface area contributed by atoms with Crippen molar-refractivity contribution in [2.24, 2.45) is 5.92 Å². The number of cyclic esters (lactones) is 1. The third-order valence-corrected chi connectivity index (χ3v) is 10.8. The van der Waals surface area contributed by atoms with Crippen molar-refractivity contribution < 1.29 is 23.5 Å². The molecular weight excluding hydrogens is 396 g/mol. The quantitative estimate of drug-likeness (QED) is 0.503. The standard InChI is InChI=1S/C24H30O5Si/c1-24(2,3)30(19-11-7-5-8-12-19,20-13-9-6-10-14-20)28-17-21-18(15-22(25)27-4)16-23(26)29-21/h5-14,18,21H,15-17H2,1-4H3/t18-,21+/m1/s1. The molecule has 0 bridgehead atoms. The van der Waals surface area contributed by atoms with E-state index in [0.29, 0.717) is 0 Å². The summed E-state index contributed by atoms with van der Waals surface area (Å²) in [4.78, 5) is 23.8. The van der Waals surface area contributed by atoms with Crippen molar-refractivity contribution in [2.45, 2.75) is 44.8 Å². The van der Waals surface area contributed by atoms with E-state index < -0.39 is 14.4 Å². The van der Waals surface area contributed by atoms with Crippen molar-refractivity contribution in [3.63, 3.8) is 0 Å². The van der Waals surface area contributed by atoms with Crippen LogP contribution in [-0.2, 0) is 23.5 Å². The minimum Gasteiger partial charge on any atom is -0.469 e. The van der Waals surface area contributed by atoms with E-state index in [0.717, 1.165) is 10.4 Å². The summed E-state index contributed by atoms with van der Waals surface area (Å²) in [6, 6.07) is 20.6. The van der Waals surface area contributed by atoms with Crippen molar-refractivity contribution in [1.82, 2.24) is 0 Å². The topological polar surface area (TPSA) is 61.8 Å². The third-order valence-electron chi connectivity index (χ3n) is 5.77. The summed E-state index contributed by atoms with van der Waals surface area (Å²) in [5, 5.41) is 2.16. The maximum Gasteiger partial charge on any atom is 0.306 e. The maximum absolute atomic E-state index is 12.0. The second-order valence-corrected chi connectivity index (χ2v) is 13.1. The molecule has 1 heterocycles. The Hall–Kier alpha value is -2.44. The molecule has 1 fully saturated rings. The summed E-state index contributed by atoms with van der Waals surface area (Å²) >= 11 is 0. The van der Waals surface area contributed by atoms with Crippen molar-refractivity contribution in [3.8, 4) is 0 Å². The van der Waals surface area contributed by atoms with Gasteiger partial charge in [-0.15, -0.1) is 0 Å². The number of carbonyl (C=O) groups excluding carboxylic acids is 2. The number of carbonyl (C=O) groups is 2. The predicted octanol–water partition coefficient (Wildman–Crippen LogP) is 3.06. The van der Waals surface area contributed by atoms with Crippen LogP contribution in [0.5, 0.6) is 0 Å². The third kappa shape index (κ3) is 4.49. The Balaban J connectivity index is 1.97. The zero-order valence-electron chi connectivity index (χ0n) is 18.1. The molecule has 1 aliphatic rings. The summed E-state index contributed by atoms with van der Waals surface area (Å²) in [6.07, 6.45) is -0.0980. The number of esters is 2. The van der Waals surface area contributed by atoms with E-state index in [4.69, 9.17) is 13.9 Å². The lowest BCUT2D eigenvalue weighted by molar-refractivity contribution is -0.145. The summed E-state index contributed by atoms with van der Waals surface area (Å²) in [5.41, 5.74) is 0. The number of rotatable bonds is 7. The van der Waals surface area contributed by atoms with Crippen LogP contribution in [0.3, 0.4) is 0 Å². The highest BCUT2D eigenvalue weighted by Crippen LogP contribution is 2.37. The van der Waals surface area contributed by atoms with Crippen LogP contribution in [0.1, 0.15) is 33.6 Å². The number of ether oxygens (including phenoxy) is 2. The molecule has 0 unspecified atom stereocenters. The Morgan fingerprint density at radius 2 is 1.57 bits per heavy atom. The molecule has 2 aromatic carbocycles. The summed E-state index contributed by atoms with van der Waals surface area (Å²) < 4.78 is 17.2. The molecule has 0 radical (unpaired) electrons. The molecular formula is C24H30O5Si. The smallest absolute Gasteiger partial charge is 0.306 e. The molecule has 2 atom stereocenters. The lowest BCUT2D eigenvalue weighted by Crippen LogP contribution is -2.67. The minimum absolute atomic E-state index is 0.150. The molecule has 2 aromatic rings. The highest BCUT2D eigenvalue weighted by Gasteiger charge is 2.51. The first-order valence-corrected chi connectivity index (χ1v) is 12.2. The second-order valence-electron chi connectivity index (χ2n) is 8.75. The van der Waals surface area contributed by atoms with Crippen LogP contribution in [0.15, 0.2) is 60.7 Å². The van der Waals surface area contributed by atoms with Crippen molar-refractivity contribution in [3.05, 3.63) is 60.7 Å². The molecule has 5 nitrogen and oxygen atoms in total.